The van der Waals surface area contributed by atoms with Crippen molar-refractivity contribution in [3.63, 3.8) is 0 Å². The number of anilines is 1. The number of hydrogen-bond acceptors (Lipinski definition) is 5. The van der Waals surface area contributed by atoms with Gasteiger partial charge in [0.2, 0.25) is 5.91 Å². The maximum absolute atomic E-state index is 12.3. The van der Waals surface area contributed by atoms with Gasteiger partial charge in [-0.05, 0) is 36.4 Å². The van der Waals surface area contributed by atoms with Gasteiger partial charge in [-0.1, -0.05) is 59.8 Å². The van der Waals surface area contributed by atoms with Gasteiger partial charge in [0.05, 0.1) is 10.8 Å². The molecule has 8 heteroatoms. The highest BCUT2D eigenvalue weighted by Crippen LogP contribution is 2.31. The first-order valence-corrected chi connectivity index (χ1v) is 10.2. The second-order valence-electron chi connectivity index (χ2n) is 6.01. The van der Waals surface area contributed by atoms with E-state index < -0.39 is 0 Å². The highest BCUT2D eigenvalue weighted by Gasteiger charge is 2.18. The number of aromatic nitrogens is 4. The van der Waals surface area contributed by atoms with E-state index >= 15 is 0 Å². The second kappa shape index (κ2) is 8.89. The number of thioether (sulfide) groups is 1. The van der Waals surface area contributed by atoms with E-state index in [4.69, 9.17) is 11.6 Å². The molecule has 0 aliphatic rings. The third kappa shape index (κ3) is 4.47. The molecule has 6 nitrogen and oxygen atoms in total. The molecule has 0 fully saturated rings. The number of benzene rings is 2. The number of rotatable bonds is 6. The molecule has 29 heavy (non-hydrogen) atoms. The summed E-state index contributed by atoms with van der Waals surface area (Å²) in [7, 11) is 0. The largest absolute Gasteiger partial charge is 0.310 e. The molecule has 144 valence electrons. The van der Waals surface area contributed by atoms with Gasteiger partial charge in [0, 0.05) is 17.4 Å². The van der Waals surface area contributed by atoms with Crippen LogP contribution in [0.15, 0.2) is 84.1 Å². The topological polar surface area (TPSA) is 72.7 Å². The number of hydrogen-bond donors (Lipinski definition) is 1. The first-order chi connectivity index (χ1) is 14.2. The number of amides is 1. The minimum atomic E-state index is -0.171. The Hall–Kier alpha value is -3.16. The molecule has 0 unspecified atom stereocenters. The number of pyridine rings is 1. The zero-order valence-corrected chi connectivity index (χ0v) is 16.8. The second-order valence-corrected chi connectivity index (χ2v) is 7.36. The van der Waals surface area contributed by atoms with E-state index in [9.17, 15) is 4.79 Å². The van der Waals surface area contributed by atoms with Gasteiger partial charge in [-0.3, -0.25) is 9.36 Å². The van der Waals surface area contributed by atoms with Gasteiger partial charge >= 0.3 is 0 Å². The maximum atomic E-state index is 12.3. The Kier molecular flexibility index (Phi) is 5.88. The summed E-state index contributed by atoms with van der Waals surface area (Å²) in [5.74, 6) is 1.13. The fourth-order valence-electron chi connectivity index (χ4n) is 2.74. The van der Waals surface area contributed by atoms with Crippen LogP contribution in [0.1, 0.15) is 0 Å². The van der Waals surface area contributed by atoms with Crippen molar-refractivity contribution in [1.29, 1.82) is 0 Å². The van der Waals surface area contributed by atoms with Gasteiger partial charge in [-0.2, -0.15) is 0 Å². The Bertz CT molecular complexity index is 1120. The molecule has 0 aliphatic heterocycles. The summed E-state index contributed by atoms with van der Waals surface area (Å²) in [6, 6.07) is 22.6. The Morgan fingerprint density at radius 2 is 1.72 bits per heavy atom. The standard InChI is InChI=1S/C21H16ClN5OS/c22-17-11-5-4-10-16(17)20-25-26-21(27(20)15-8-2-1-3-9-15)29-14-19(28)24-18-12-6-7-13-23-18/h1-13H,14H2,(H,23,24,28). The zero-order valence-electron chi connectivity index (χ0n) is 15.2. The summed E-state index contributed by atoms with van der Waals surface area (Å²) in [4.78, 5) is 16.4. The van der Waals surface area contributed by atoms with Crippen LogP contribution in [0.25, 0.3) is 17.1 Å². The van der Waals surface area contributed by atoms with Crippen LogP contribution < -0.4 is 5.32 Å². The average Bonchev–Trinajstić information content (AvgIpc) is 3.18. The van der Waals surface area contributed by atoms with Gasteiger partial charge < -0.3 is 5.32 Å². The SMILES string of the molecule is O=C(CSc1nnc(-c2ccccc2Cl)n1-c1ccccc1)Nc1ccccn1. The third-order valence-corrected chi connectivity index (χ3v) is 5.29. The van der Waals surface area contributed by atoms with E-state index in [1.54, 1.807) is 18.3 Å². The number of nitrogens with one attached hydrogen (secondary N) is 1. The molecule has 1 amide bonds. The van der Waals surface area contributed by atoms with E-state index in [1.807, 2.05) is 65.2 Å². The summed E-state index contributed by atoms with van der Waals surface area (Å²) >= 11 is 7.68. The van der Waals surface area contributed by atoms with Crippen molar-refractivity contribution < 1.29 is 4.79 Å². The lowest BCUT2D eigenvalue weighted by Crippen LogP contribution is -2.15. The Morgan fingerprint density at radius 1 is 0.966 bits per heavy atom. The van der Waals surface area contributed by atoms with Crippen LogP contribution in [0.3, 0.4) is 0 Å². The number of halogens is 1. The quantitative estimate of drug-likeness (QED) is 0.456. The minimum absolute atomic E-state index is 0.171. The lowest BCUT2D eigenvalue weighted by atomic mass is 10.2. The molecule has 0 atom stereocenters. The van der Waals surface area contributed by atoms with Gasteiger partial charge in [-0.15, -0.1) is 10.2 Å². The molecule has 2 aromatic carbocycles. The van der Waals surface area contributed by atoms with Crippen molar-refractivity contribution in [3.05, 3.63) is 84.0 Å². The van der Waals surface area contributed by atoms with Crippen molar-refractivity contribution in [2.75, 3.05) is 11.1 Å². The molecule has 0 saturated heterocycles. The Morgan fingerprint density at radius 3 is 2.48 bits per heavy atom. The van der Waals surface area contributed by atoms with Gasteiger partial charge in [0.15, 0.2) is 11.0 Å². The highest BCUT2D eigenvalue weighted by molar-refractivity contribution is 7.99. The third-order valence-electron chi connectivity index (χ3n) is 4.03. The van der Waals surface area contributed by atoms with Crippen molar-refractivity contribution in [2.24, 2.45) is 0 Å². The van der Waals surface area contributed by atoms with E-state index in [0.717, 1.165) is 11.3 Å². The first kappa shape index (κ1) is 19.2. The summed E-state index contributed by atoms with van der Waals surface area (Å²) in [6.07, 6.45) is 1.63. The number of para-hydroxylation sites is 1. The highest BCUT2D eigenvalue weighted by atomic mass is 35.5. The predicted octanol–water partition coefficient (Wildman–Crippen LogP) is 4.71. The van der Waals surface area contributed by atoms with Crippen LogP contribution in [-0.2, 0) is 4.79 Å². The van der Waals surface area contributed by atoms with Crippen LogP contribution in [0.4, 0.5) is 5.82 Å². The van der Waals surface area contributed by atoms with Crippen molar-refractivity contribution in [3.8, 4) is 17.1 Å². The van der Waals surface area contributed by atoms with Crippen LogP contribution >= 0.6 is 23.4 Å². The molecule has 2 heterocycles. The van der Waals surface area contributed by atoms with Crippen molar-refractivity contribution in [2.45, 2.75) is 5.16 Å². The van der Waals surface area contributed by atoms with Gasteiger partial charge in [-0.25, -0.2) is 4.98 Å². The lowest BCUT2D eigenvalue weighted by molar-refractivity contribution is -0.113. The summed E-state index contributed by atoms with van der Waals surface area (Å²) < 4.78 is 1.90. The van der Waals surface area contributed by atoms with Gasteiger partial charge in [0.1, 0.15) is 5.82 Å². The van der Waals surface area contributed by atoms with E-state index in [2.05, 4.69) is 20.5 Å². The smallest absolute Gasteiger partial charge is 0.236 e. The van der Waals surface area contributed by atoms with Crippen LogP contribution in [0.5, 0.6) is 0 Å². The molecule has 0 saturated carbocycles. The maximum Gasteiger partial charge on any atom is 0.236 e. The number of nitrogens with zero attached hydrogens (tertiary/aromatic N) is 4. The first-order valence-electron chi connectivity index (χ1n) is 8.82. The normalized spacial score (nSPS) is 10.7. The van der Waals surface area contributed by atoms with Crippen molar-refractivity contribution >= 4 is 35.1 Å². The summed E-state index contributed by atoms with van der Waals surface area (Å²) in [6.45, 7) is 0. The van der Waals surface area contributed by atoms with Crippen molar-refractivity contribution in [1.82, 2.24) is 19.7 Å². The molecule has 4 rings (SSSR count). The summed E-state index contributed by atoms with van der Waals surface area (Å²) in [5, 5.41) is 12.6. The molecule has 0 spiro atoms. The monoisotopic (exact) mass is 421 g/mol. The zero-order chi connectivity index (χ0) is 20.1. The Labute approximate surface area is 177 Å². The molecule has 0 radical (unpaired) electrons. The molecule has 4 aromatic rings. The predicted molar refractivity (Wildman–Crippen MR) is 115 cm³/mol. The minimum Gasteiger partial charge on any atom is -0.310 e. The van der Waals surface area contributed by atoms with E-state index in [0.29, 0.717) is 21.8 Å². The van der Waals surface area contributed by atoms with E-state index in [1.165, 1.54) is 11.8 Å². The van der Waals surface area contributed by atoms with Crippen LogP contribution in [0, 0.1) is 0 Å². The molecule has 0 bridgehead atoms. The lowest BCUT2D eigenvalue weighted by Gasteiger charge is -2.11. The van der Waals surface area contributed by atoms with E-state index in [-0.39, 0.29) is 11.7 Å². The van der Waals surface area contributed by atoms with Crippen LogP contribution in [0.2, 0.25) is 5.02 Å². The average molecular weight is 422 g/mol. The fourth-order valence-corrected chi connectivity index (χ4v) is 3.71. The molecule has 2 aromatic heterocycles. The van der Waals surface area contributed by atoms with Crippen LogP contribution in [-0.4, -0.2) is 31.4 Å². The summed E-state index contributed by atoms with van der Waals surface area (Å²) in [5.41, 5.74) is 1.66. The number of carbonyl (C=O) groups is 1. The molecule has 0 aliphatic carbocycles. The molecule has 1 N–H and O–H groups in total. The molecular weight excluding hydrogens is 406 g/mol. The fraction of sp³-hybridized carbons (Fsp3) is 0.0476. The molecular formula is C21H16ClN5OS. The number of carbonyl (C=O) groups excluding carboxylic acids is 1. The Balaban J connectivity index is 1.62. The van der Waals surface area contributed by atoms with Gasteiger partial charge in [0.25, 0.3) is 0 Å².